The van der Waals surface area contributed by atoms with Crippen LogP contribution in [0.2, 0.25) is 0 Å². The van der Waals surface area contributed by atoms with Crippen molar-refractivity contribution in [3.8, 4) is 0 Å². The van der Waals surface area contributed by atoms with E-state index in [9.17, 15) is 13.2 Å². The fourth-order valence-electron chi connectivity index (χ4n) is 1.83. The summed E-state index contributed by atoms with van der Waals surface area (Å²) in [5.41, 5.74) is 0.295. The highest BCUT2D eigenvalue weighted by Crippen LogP contribution is 2.13. The van der Waals surface area contributed by atoms with Gasteiger partial charge < -0.3 is 9.84 Å². The summed E-state index contributed by atoms with van der Waals surface area (Å²) < 4.78 is 31.3. The summed E-state index contributed by atoms with van der Waals surface area (Å²) in [5, 5.41) is 8.90. The van der Waals surface area contributed by atoms with Gasteiger partial charge in [-0.2, -0.15) is 0 Å². The molecule has 118 valence electrons. The molecule has 0 saturated heterocycles. The lowest BCUT2D eigenvalue weighted by Gasteiger charge is -2.14. The molecule has 7 heteroatoms. The minimum absolute atomic E-state index is 0.0358. The third kappa shape index (κ3) is 5.11. The Morgan fingerprint density at radius 1 is 1.33 bits per heavy atom. The Hall–Kier alpha value is -1.44. The zero-order chi connectivity index (χ0) is 15.9. The van der Waals surface area contributed by atoms with E-state index in [-0.39, 0.29) is 24.0 Å². The number of methoxy groups -OCH3 is 1. The van der Waals surface area contributed by atoms with Gasteiger partial charge >= 0.3 is 5.97 Å². The first-order chi connectivity index (χ1) is 9.94. The van der Waals surface area contributed by atoms with Crippen molar-refractivity contribution in [3.63, 3.8) is 0 Å². The smallest absolute Gasteiger partial charge is 0.337 e. The molecule has 21 heavy (non-hydrogen) atoms. The Balaban J connectivity index is 2.76. The fraction of sp³-hybridized carbons (Fsp3) is 0.500. The number of benzene rings is 1. The molecule has 0 aromatic heterocycles. The van der Waals surface area contributed by atoms with Crippen LogP contribution in [-0.2, 0) is 14.8 Å². The third-order valence-corrected chi connectivity index (χ3v) is 4.70. The SMILES string of the molecule is CCC(CCO)CNS(=O)(=O)c1ccc(C(=O)OC)cc1. The number of nitrogens with one attached hydrogen (secondary N) is 1. The number of rotatable bonds is 8. The predicted octanol–water partition coefficient (Wildman–Crippen LogP) is 1.16. The van der Waals surface area contributed by atoms with Gasteiger partial charge in [-0.15, -0.1) is 0 Å². The summed E-state index contributed by atoms with van der Waals surface area (Å²) in [7, 11) is -2.35. The molecule has 0 fully saturated rings. The van der Waals surface area contributed by atoms with Crippen LogP contribution in [0.5, 0.6) is 0 Å². The standard InChI is InChI=1S/C14H21NO5S/c1-3-11(8-9-16)10-15-21(18,19)13-6-4-12(5-7-13)14(17)20-2/h4-7,11,15-16H,3,8-10H2,1-2H3. The van der Waals surface area contributed by atoms with Gasteiger partial charge in [-0.3, -0.25) is 0 Å². The number of ether oxygens (including phenoxy) is 1. The molecular formula is C14H21NO5S. The molecule has 0 saturated carbocycles. The molecule has 1 aromatic carbocycles. The van der Waals surface area contributed by atoms with Crippen LogP contribution in [0.3, 0.4) is 0 Å². The van der Waals surface area contributed by atoms with Crippen molar-refractivity contribution >= 4 is 16.0 Å². The number of esters is 1. The van der Waals surface area contributed by atoms with Gasteiger partial charge in [0.05, 0.1) is 17.6 Å². The molecule has 0 aliphatic carbocycles. The maximum Gasteiger partial charge on any atom is 0.337 e. The maximum atomic E-state index is 12.1. The van der Waals surface area contributed by atoms with Crippen LogP contribution >= 0.6 is 0 Å². The number of carbonyl (C=O) groups excluding carboxylic acids is 1. The monoisotopic (exact) mass is 315 g/mol. The molecule has 1 rings (SSSR count). The number of sulfonamides is 1. The molecular weight excluding hydrogens is 294 g/mol. The molecule has 0 amide bonds. The van der Waals surface area contributed by atoms with E-state index in [0.29, 0.717) is 12.0 Å². The summed E-state index contributed by atoms with van der Waals surface area (Å²) >= 11 is 0. The number of aliphatic hydroxyl groups excluding tert-OH is 1. The van der Waals surface area contributed by atoms with Gasteiger partial charge in [-0.1, -0.05) is 13.3 Å². The molecule has 0 heterocycles. The quantitative estimate of drug-likeness (QED) is 0.702. The third-order valence-electron chi connectivity index (χ3n) is 3.26. The molecule has 0 aliphatic heterocycles. The Labute approximate surface area is 125 Å². The Morgan fingerprint density at radius 3 is 2.43 bits per heavy atom. The summed E-state index contributed by atoms with van der Waals surface area (Å²) in [6.45, 7) is 2.26. The average molecular weight is 315 g/mol. The van der Waals surface area contributed by atoms with Gasteiger partial charge in [0.2, 0.25) is 10.0 Å². The molecule has 2 N–H and O–H groups in total. The fourth-order valence-corrected chi connectivity index (χ4v) is 2.95. The minimum Gasteiger partial charge on any atom is -0.465 e. The highest BCUT2D eigenvalue weighted by Gasteiger charge is 2.17. The van der Waals surface area contributed by atoms with Crippen LogP contribution in [0.25, 0.3) is 0 Å². The number of hydrogen-bond donors (Lipinski definition) is 2. The minimum atomic E-state index is -3.62. The first-order valence-electron chi connectivity index (χ1n) is 6.73. The van der Waals surface area contributed by atoms with Crippen LogP contribution < -0.4 is 4.72 Å². The normalized spacial score (nSPS) is 12.9. The molecule has 1 unspecified atom stereocenters. The second-order valence-electron chi connectivity index (χ2n) is 4.65. The van der Waals surface area contributed by atoms with E-state index >= 15 is 0 Å². The second-order valence-corrected chi connectivity index (χ2v) is 6.42. The van der Waals surface area contributed by atoms with Crippen molar-refractivity contribution in [1.82, 2.24) is 4.72 Å². The summed E-state index contributed by atoms with van der Waals surface area (Å²) in [6.07, 6.45) is 1.34. The molecule has 0 bridgehead atoms. The van der Waals surface area contributed by atoms with Crippen LogP contribution in [0, 0.1) is 5.92 Å². The van der Waals surface area contributed by atoms with Crippen molar-refractivity contribution in [2.75, 3.05) is 20.3 Å². The maximum absolute atomic E-state index is 12.1. The van der Waals surface area contributed by atoms with E-state index in [0.717, 1.165) is 6.42 Å². The van der Waals surface area contributed by atoms with E-state index in [1.165, 1.54) is 31.4 Å². The first-order valence-corrected chi connectivity index (χ1v) is 8.21. The lowest BCUT2D eigenvalue weighted by atomic mass is 10.0. The van der Waals surface area contributed by atoms with Crippen molar-refractivity contribution < 1.29 is 23.1 Å². The van der Waals surface area contributed by atoms with Crippen molar-refractivity contribution in [2.24, 2.45) is 5.92 Å². The van der Waals surface area contributed by atoms with E-state index in [1.807, 2.05) is 6.92 Å². The van der Waals surface area contributed by atoms with Crippen molar-refractivity contribution in [1.29, 1.82) is 0 Å². The number of hydrogen-bond acceptors (Lipinski definition) is 5. The van der Waals surface area contributed by atoms with Crippen LogP contribution in [0.15, 0.2) is 29.2 Å². The van der Waals surface area contributed by atoms with Crippen LogP contribution in [-0.4, -0.2) is 39.8 Å². The second kappa shape index (κ2) is 8.11. The van der Waals surface area contributed by atoms with Crippen molar-refractivity contribution in [2.45, 2.75) is 24.7 Å². The molecule has 1 atom stereocenters. The Morgan fingerprint density at radius 2 is 1.95 bits per heavy atom. The summed E-state index contributed by atoms with van der Waals surface area (Å²) in [6, 6.07) is 5.54. The Kier molecular flexibility index (Phi) is 6.80. The van der Waals surface area contributed by atoms with E-state index < -0.39 is 16.0 Å². The summed E-state index contributed by atoms with van der Waals surface area (Å²) in [4.78, 5) is 11.4. The largest absolute Gasteiger partial charge is 0.465 e. The molecule has 1 aromatic rings. The van der Waals surface area contributed by atoms with E-state index in [4.69, 9.17) is 5.11 Å². The van der Waals surface area contributed by atoms with Crippen LogP contribution in [0.1, 0.15) is 30.1 Å². The zero-order valence-electron chi connectivity index (χ0n) is 12.2. The lowest BCUT2D eigenvalue weighted by molar-refractivity contribution is 0.0600. The van der Waals surface area contributed by atoms with Gasteiger partial charge in [-0.25, -0.2) is 17.9 Å². The van der Waals surface area contributed by atoms with Crippen molar-refractivity contribution in [3.05, 3.63) is 29.8 Å². The topological polar surface area (TPSA) is 92.7 Å². The molecule has 0 radical (unpaired) electrons. The molecule has 6 nitrogen and oxygen atoms in total. The van der Waals surface area contributed by atoms with Gasteiger partial charge in [-0.05, 0) is 36.6 Å². The van der Waals surface area contributed by atoms with Gasteiger partial charge in [0.1, 0.15) is 0 Å². The highest BCUT2D eigenvalue weighted by molar-refractivity contribution is 7.89. The van der Waals surface area contributed by atoms with Gasteiger partial charge in [0, 0.05) is 13.2 Å². The van der Waals surface area contributed by atoms with Gasteiger partial charge in [0.25, 0.3) is 0 Å². The lowest BCUT2D eigenvalue weighted by Crippen LogP contribution is -2.29. The predicted molar refractivity (Wildman–Crippen MR) is 78.5 cm³/mol. The van der Waals surface area contributed by atoms with E-state index in [2.05, 4.69) is 9.46 Å². The van der Waals surface area contributed by atoms with Gasteiger partial charge in [0.15, 0.2) is 0 Å². The zero-order valence-corrected chi connectivity index (χ0v) is 13.0. The first kappa shape index (κ1) is 17.6. The molecule has 0 aliphatic rings. The highest BCUT2D eigenvalue weighted by atomic mass is 32.2. The average Bonchev–Trinajstić information content (AvgIpc) is 2.50. The molecule has 0 spiro atoms. The number of carbonyl (C=O) groups is 1. The van der Waals surface area contributed by atoms with Crippen LogP contribution in [0.4, 0.5) is 0 Å². The Bertz CT molecular complexity index is 553. The summed E-state index contributed by atoms with van der Waals surface area (Å²) in [5.74, 6) is -0.417. The van der Waals surface area contributed by atoms with E-state index in [1.54, 1.807) is 0 Å². The number of aliphatic hydroxyl groups is 1.